The van der Waals surface area contributed by atoms with Crippen LogP contribution in [0.15, 0.2) is 41.3 Å². The van der Waals surface area contributed by atoms with Crippen molar-refractivity contribution in [1.29, 1.82) is 0 Å². The second-order valence-corrected chi connectivity index (χ2v) is 10.7. The van der Waals surface area contributed by atoms with E-state index < -0.39 is 28.3 Å². The molecule has 1 N–H and O–H groups in total. The number of nitrogens with zero attached hydrogens (tertiary/aromatic N) is 2. The molecule has 2 aliphatic rings. The summed E-state index contributed by atoms with van der Waals surface area (Å²) < 4.78 is 40.3. The van der Waals surface area contributed by atoms with Crippen molar-refractivity contribution in [3.63, 3.8) is 0 Å². The lowest BCUT2D eigenvalue weighted by Gasteiger charge is -2.23. The molecular weight excluding hydrogens is 457 g/mol. The van der Waals surface area contributed by atoms with Gasteiger partial charge in [-0.15, -0.1) is 0 Å². The maximum Gasteiger partial charge on any atom is 0.243 e. The number of hydrogen-bond acceptors (Lipinski definition) is 4. The summed E-state index contributed by atoms with van der Waals surface area (Å²) in [6.45, 7) is 1.52. The summed E-state index contributed by atoms with van der Waals surface area (Å²) in [6, 6.07) is 8.39. The van der Waals surface area contributed by atoms with Crippen molar-refractivity contribution >= 4 is 44.8 Å². The van der Waals surface area contributed by atoms with Gasteiger partial charge in [0, 0.05) is 30.4 Å². The molecule has 32 heavy (non-hydrogen) atoms. The Bertz CT molecular complexity index is 1200. The normalized spacial score (nSPS) is 18.0. The lowest BCUT2D eigenvalue weighted by molar-refractivity contribution is -0.120. The minimum Gasteiger partial charge on any atom is -0.325 e. The van der Waals surface area contributed by atoms with Gasteiger partial charge in [0.05, 0.1) is 16.5 Å². The first-order valence-electron chi connectivity index (χ1n) is 10.2. The average Bonchev–Trinajstić information content (AvgIpc) is 3.52. The number of carbonyl (C=O) groups is 2. The third kappa shape index (κ3) is 4.37. The summed E-state index contributed by atoms with van der Waals surface area (Å²) >= 11 is 5.71. The van der Waals surface area contributed by atoms with E-state index in [1.807, 2.05) is 6.92 Å². The highest BCUT2D eigenvalue weighted by Crippen LogP contribution is 2.39. The molecule has 2 aromatic carbocycles. The molecule has 10 heteroatoms. The van der Waals surface area contributed by atoms with Crippen LogP contribution in [0.3, 0.4) is 0 Å². The molecule has 1 aliphatic heterocycles. The third-order valence-electron chi connectivity index (χ3n) is 5.71. The van der Waals surface area contributed by atoms with Gasteiger partial charge in [0.25, 0.3) is 0 Å². The van der Waals surface area contributed by atoms with E-state index in [0.717, 1.165) is 34.5 Å². The minimum absolute atomic E-state index is 0.0258. The fourth-order valence-electron chi connectivity index (χ4n) is 3.87. The molecule has 1 fully saturated rings. The molecule has 0 spiro atoms. The van der Waals surface area contributed by atoms with Crippen LogP contribution in [0.4, 0.5) is 15.8 Å². The van der Waals surface area contributed by atoms with Gasteiger partial charge in [-0.05, 0) is 68.1 Å². The topological polar surface area (TPSA) is 86.8 Å². The molecule has 0 aromatic heterocycles. The third-order valence-corrected chi connectivity index (χ3v) is 7.80. The molecule has 1 aliphatic carbocycles. The highest BCUT2D eigenvalue weighted by Gasteiger charge is 2.40. The number of carbonyl (C=O) groups excluding carboxylic acids is 2. The maximum atomic E-state index is 13.3. The van der Waals surface area contributed by atoms with Crippen molar-refractivity contribution < 1.29 is 22.4 Å². The summed E-state index contributed by atoms with van der Waals surface area (Å²) in [5.41, 5.74) is 1.81. The number of anilines is 2. The fourth-order valence-corrected chi connectivity index (χ4v) is 5.23. The summed E-state index contributed by atoms with van der Waals surface area (Å²) in [5.74, 6) is -1.03. The number of halogens is 2. The number of sulfonamides is 1. The zero-order valence-electron chi connectivity index (χ0n) is 17.6. The molecular formula is C22H23ClFN3O4S. The highest BCUT2D eigenvalue weighted by molar-refractivity contribution is 7.89. The Morgan fingerprint density at radius 2 is 1.94 bits per heavy atom. The second-order valence-electron chi connectivity index (χ2n) is 8.26. The SMILES string of the molecule is C[C@@H]1Cc2cc(S(=O)(=O)N(C)CC(=O)Nc3ccc(F)c(Cl)c3)ccc2N1C(=O)C1CC1. The van der Waals surface area contributed by atoms with Crippen molar-refractivity contribution in [3.8, 4) is 0 Å². The number of benzene rings is 2. The van der Waals surface area contributed by atoms with Gasteiger partial charge in [0.15, 0.2) is 0 Å². The van der Waals surface area contributed by atoms with Crippen molar-refractivity contribution in [2.24, 2.45) is 5.92 Å². The summed E-state index contributed by atoms with van der Waals surface area (Å²) in [7, 11) is -2.63. The van der Waals surface area contributed by atoms with Crippen LogP contribution >= 0.6 is 11.6 Å². The Morgan fingerprint density at radius 1 is 1.22 bits per heavy atom. The van der Waals surface area contributed by atoms with Gasteiger partial charge in [-0.3, -0.25) is 9.59 Å². The van der Waals surface area contributed by atoms with E-state index in [4.69, 9.17) is 11.6 Å². The van der Waals surface area contributed by atoms with Crippen LogP contribution in [0, 0.1) is 11.7 Å². The van der Waals surface area contributed by atoms with Gasteiger partial charge in [-0.25, -0.2) is 12.8 Å². The van der Waals surface area contributed by atoms with Crippen LogP contribution in [0.25, 0.3) is 0 Å². The molecule has 2 aromatic rings. The maximum absolute atomic E-state index is 13.3. The molecule has 1 atom stereocenters. The van der Waals surface area contributed by atoms with E-state index >= 15 is 0 Å². The Hall–Kier alpha value is -2.49. The molecule has 0 radical (unpaired) electrons. The van der Waals surface area contributed by atoms with Crippen LogP contribution in [0.2, 0.25) is 5.02 Å². The zero-order valence-corrected chi connectivity index (χ0v) is 19.2. The number of likely N-dealkylation sites (N-methyl/N-ethyl adjacent to an activating group) is 1. The second kappa shape index (κ2) is 8.46. The van der Waals surface area contributed by atoms with Crippen LogP contribution < -0.4 is 10.2 Å². The summed E-state index contributed by atoms with van der Waals surface area (Å²) in [6.07, 6.45) is 2.38. The monoisotopic (exact) mass is 479 g/mol. The minimum atomic E-state index is -3.94. The molecule has 1 heterocycles. The van der Waals surface area contributed by atoms with E-state index in [1.165, 1.54) is 25.2 Å². The molecule has 170 valence electrons. The Balaban J connectivity index is 1.48. The summed E-state index contributed by atoms with van der Waals surface area (Å²) in [5, 5.41) is 2.36. The molecule has 1 saturated carbocycles. The molecule has 4 rings (SSSR count). The lowest BCUT2D eigenvalue weighted by Crippen LogP contribution is -2.36. The molecule has 0 bridgehead atoms. The number of amides is 2. The van der Waals surface area contributed by atoms with Crippen molar-refractivity contribution in [2.75, 3.05) is 23.8 Å². The zero-order chi connectivity index (χ0) is 23.2. The van der Waals surface area contributed by atoms with E-state index in [2.05, 4.69) is 5.32 Å². The first kappa shape index (κ1) is 22.7. The van der Waals surface area contributed by atoms with Gasteiger partial charge < -0.3 is 10.2 Å². The van der Waals surface area contributed by atoms with Gasteiger partial charge in [0.1, 0.15) is 5.82 Å². The van der Waals surface area contributed by atoms with Crippen LogP contribution in [0.5, 0.6) is 0 Å². The first-order chi connectivity index (χ1) is 15.1. The first-order valence-corrected chi connectivity index (χ1v) is 12.1. The van der Waals surface area contributed by atoms with Gasteiger partial charge in [-0.2, -0.15) is 4.31 Å². The van der Waals surface area contributed by atoms with Crippen LogP contribution in [-0.2, 0) is 26.0 Å². The van der Waals surface area contributed by atoms with Gasteiger partial charge in [-0.1, -0.05) is 11.6 Å². The highest BCUT2D eigenvalue weighted by atomic mass is 35.5. The predicted molar refractivity (Wildman–Crippen MR) is 120 cm³/mol. The van der Waals surface area contributed by atoms with E-state index in [1.54, 1.807) is 17.0 Å². The van der Waals surface area contributed by atoms with Gasteiger partial charge in [0.2, 0.25) is 21.8 Å². The van der Waals surface area contributed by atoms with E-state index in [0.29, 0.717) is 6.42 Å². The van der Waals surface area contributed by atoms with Crippen LogP contribution in [0.1, 0.15) is 25.3 Å². The predicted octanol–water partition coefficient (Wildman–Crippen LogP) is 3.43. The number of fused-ring (bicyclic) bond motifs is 1. The Kier molecular flexibility index (Phi) is 6.00. The van der Waals surface area contributed by atoms with Crippen LogP contribution in [-0.4, -0.2) is 44.2 Å². The van der Waals surface area contributed by atoms with Crippen molar-refractivity contribution in [3.05, 3.63) is 52.8 Å². The fraction of sp³-hybridized carbons (Fsp3) is 0.364. The molecule has 7 nitrogen and oxygen atoms in total. The Morgan fingerprint density at radius 3 is 2.59 bits per heavy atom. The van der Waals surface area contributed by atoms with Gasteiger partial charge >= 0.3 is 0 Å². The Labute approximate surface area is 191 Å². The quantitative estimate of drug-likeness (QED) is 0.687. The number of hydrogen-bond donors (Lipinski definition) is 1. The summed E-state index contributed by atoms with van der Waals surface area (Å²) in [4.78, 5) is 26.8. The number of nitrogens with one attached hydrogen (secondary N) is 1. The molecule has 2 amide bonds. The number of rotatable bonds is 6. The lowest BCUT2D eigenvalue weighted by atomic mass is 10.1. The van der Waals surface area contributed by atoms with Crippen molar-refractivity contribution in [2.45, 2.75) is 37.1 Å². The van der Waals surface area contributed by atoms with E-state index in [9.17, 15) is 22.4 Å². The standard InChI is InChI=1S/C22H23ClFN3O4S/c1-13-9-15-10-17(6-8-20(15)27(13)22(29)14-3-4-14)32(30,31)26(2)12-21(28)25-16-5-7-19(24)18(23)11-16/h5-8,10-11,13-14H,3-4,9,12H2,1-2H3,(H,25,28)/t13-/m1/s1. The smallest absolute Gasteiger partial charge is 0.243 e. The average molecular weight is 480 g/mol. The molecule has 0 saturated heterocycles. The largest absolute Gasteiger partial charge is 0.325 e. The van der Waals surface area contributed by atoms with E-state index in [-0.39, 0.29) is 33.5 Å². The van der Waals surface area contributed by atoms with Crippen molar-refractivity contribution in [1.82, 2.24) is 4.31 Å². The molecule has 0 unspecified atom stereocenters.